The lowest BCUT2D eigenvalue weighted by Crippen LogP contribution is -2.17. The standard InChI is InChI=1S/C15H16ClN3O2/c1-9-3-6-14(21-2)13(7-9)18-15(20)11-8-10(16)4-5-12(11)19-17/h3-8,19H,17H2,1-2H3,(H,18,20). The smallest absolute Gasteiger partial charge is 0.257 e. The summed E-state index contributed by atoms with van der Waals surface area (Å²) in [6.07, 6.45) is 0. The Morgan fingerprint density at radius 1 is 1.19 bits per heavy atom. The van der Waals surface area contributed by atoms with Crippen LogP contribution in [0.5, 0.6) is 5.75 Å². The van der Waals surface area contributed by atoms with Gasteiger partial charge in [0.15, 0.2) is 0 Å². The zero-order chi connectivity index (χ0) is 15.4. The number of carbonyl (C=O) groups excluding carboxylic acids is 1. The lowest BCUT2D eigenvalue weighted by molar-refractivity contribution is 0.102. The molecular formula is C15H16ClN3O2. The molecule has 2 aromatic rings. The summed E-state index contributed by atoms with van der Waals surface area (Å²) in [6, 6.07) is 10.4. The van der Waals surface area contributed by atoms with Crippen molar-refractivity contribution < 1.29 is 9.53 Å². The third-order valence-electron chi connectivity index (χ3n) is 2.98. The second-order valence-electron chi connectivity index (χ2n) is 4.49. The summed E-state index contributed by atoms with van der Waals surface area (Å²) in [5.74, 6) is 5.67. The van der Waals surface area contributed by atoms with E-state index in [1.807, 2.05) is 19.1 Å². The molecule has 1 amide bonds. The van der Waals surface area contributed by atoms with Gasteiger partial charge < -0.3 is 15.5 Å². The quantitative estimate of drug-likeness (QED) is 0.599. The van der Waals surface area contributed by atoms with Gasteiger partial charge in [-0.15, -0.1) is 0 Å². The molecule has 0 fully saturated rings. The molecule has 6 heteroatoms. The SMILES string of the molecule is COc1ccc(C)cc1NC(=O)c1cc(Cl)ccc1NN. The molecule has 0 radical (unpaired) electrons. The fraction of sp³-hybridized carbons (Fsp3) is 0.133. The van der Waals surface area contributed by atoms with E-state index < -0.39 is 0 Å². The van der Waals surface area contributed by atoms with Crippen LogP contribution in [0, 0.1) is 6.92 Å². The molecule has 21 heavy (non-hydrogen) atoms. The predicted molar refractivity (Wildman–Crippen MR) is 84.9 cm³/mol. The van der Waals surface area contributed by atoms with Crippen LogP contribution >= 0.6 is 11.6 Å². The first-order chi connectivity index (χ1) is 10.0. The number of hydrogen-bond acceptors (Lipinski definition) is 4. The number of carbonyl (C=O) groups is 1. The first-order valence-electron chi connectivity index (χ1n) is 6.27. The second-order valence-corrected chi connectivity index (χ2v) is 4.93. The maximum absolute atomic E-state index is 12.4. The summed E-state index contributed by atoms with van der Waals surface area (Å²) in [5, 5.41) is 3.26. The molecular weight excluding hydrogens is 290 g/mol. The Labute approximate surface area is 128 Å². The Bertz CT molecular complexity index is 674. The number of ether oxygens (including phenoxy) is 1. The van der Waals surface area contributed by atoms with E-state index in [-0.39, 0.29) is 5.91 Å². The van der Waals surface area contributed by atoms with Crippen LogP contribution in [0.25, 0.3) is 0 Å². The topological polar surface area (TPSA) is 76.4 Å². The minimum atomic E-state index is -0.325. The Morgan fingerprint density at radius 2 is 1.95 bits per heavy atom. The number of hydrazine groups is 1. The van der Waals surface area contributed by atoms with Gasteiger partial charge in [-0.25, -0.2) is 0 Å². The van der Waals surface area contributed by atoms with Crippen molar-refractivity contribution in [1.29, 1.82) is 0 Å². The lowest BCUT2D eigenvalue weighted by atomic mass is 10.1. The van der Waals surface area contributed by atoms with Gasteiger partial charge in [0.1, 0.15) is 5.75 Å². The molecule has 0 saturated heterocycles. The van der Waals surface area contributed by atoms with Gasteiger partial charge in [0.05, 0.1) is 24.0 Å². The predicted octanol–water partition coefficient (Wildman–Crippen LogP) is 3.19. The van der Waals surface area contributed by atoms with Crippen molar-refractivity contribution in [3.63, 3.8) is 0 Å². The molecule has 0 aliphatic rings. The summed E-state index contributed by atoms with van der Waals surface area (Å²) in [4.78, 5) is 12.4. The number of nitrogens with two attached hydrogens (primary N) is 1. The third kappa shape index (κ3) is 3.45. The van der Waals surface area contributed by atoms with E-state index in [9.17, 15) is 4.79 Å². The van der Waals surface area contributed by atoms with Gasteiger partial charge in [-0.05, 0) is 42.8 Å². The largest absolute Gasteiger partial charge is 0.495 e. The van der Waals surface area contributed by atoms with E-state index in [1.165, 1.54) is 0 Å². The Balaban J connectivity index is 2.34. The number of rotatable bonds is 4. The molecule has 0 saturated carbocycles. The number of nitrogens with one attached hydrogen (secondary N) is 2. The maximum atomic E-state index is 12.4. The van der Waals surface area contributed by atoms with Gasteiger partial charge in [0, 0.05) is 5.02 Å². The Kier molecular flexibility index (Phi) is 4.67. The molecule has 0 spiro atoms. The van der Waals surface area contributed by atoms with Crippen LogP contribution in [0.1, 0.15) is 15.9 Å². The highest BCUT2D eigenvalue weighted by Gasteiger charge is 2.14. The minimum Gasteiger partial charge on any atom is -0.495 e. The number of benzene rings is 2. The Morgan fingerprint density at radius 3 is 2.62 bits per heavy atom. The summed E-state index contributed by atoms with van der Waals surface area (Å²) < 4.78 is 5.24. The van der Waals surface area contributed by atoms with Crippen molar-refractivity contribution in [2.75, 3.05) is 17.9 Å². The van der Waals surface area contributed by atoms with Gasteiger partial charge in [-0.2, -0.15) is 0 Å². The molecule has 0 heterocycles. The van der Waals surface area contributed by atoms with Gasteiger partial charge in [-0.1, -0.05) is 17.7 Å². The van der Waals surface area contributed by atoms with Crippen LogP contribution in [0.15, 0.2) is 36.4 Å². The molecule has 0 bridgehead atoms. The van der Waals surface area contributed by atoms with Crippen molar-refractivity contribution in [2.24, 2.45) is 5.84 Å². The van der Waals surface area contributed by atoms with Crippen LogP contribution in [0.2, 0.25) is 5.02 Å². The van der Waals surface area contributed by atoms with Crippen molar-refractivity contribution >= 4 is 28.9 Å². The van der Waals surface area contributed by atoms with Gasteiger partial charge in [0.2, 0.25) is 0 Å². The van der Waals surface area contributed by atoms with Crippen LogP contribution < -0.4 is 21.3 Å². The third-order valence-corrected chi connectivity index (χ3v) is 3.22. The van der Waals surface area contributed by atoms with Crippen molar-refractivity contribution in [1.82, 2.24) is 0 Å². The van der Waals surface area contributed by atoms with Crippen molar-refractivity contribution in [3.8, 4) is 5.75 Å². The lowest BCUT2D eigenvalue weighted by Gasteiger charge is -2.13. The van der Waals surface area contributed by atoms with E-state index in [4.69, 9.17) is 22.2 Å². The molecule has 0 aromatic heterocycles. The molecule has 0 atom stereocenters. The van der Waals surface area contributed by atoms with Crippen LogP contribution in [0.3, 0.4) is 0 Å². The minimum absolute atomic E-state index is 0.325. The summed E-state index contributed by atoms with van der Waals surface area (Å²) in [7, 11) is 1.55. The first-order valence-corrected chi connectivity index (χ1v) is 6.65. The zero-order valence-electron chi connectivity index (χ0n) is 11.7. The highest BCUT2D eigenvalue weighted by atomic mass is 35.5. The summed E-state index contributed by atoms with van der Waals surface area (Å²) in [5.41, 5.74) is 4.92. The van der Waals surface area contributed by atoms with Crippen molar-refractivity contribution in [2.45, 2.75) is 6.92 Å². The van der Waals surface area contributed by atoms with Gasteiger partial charge >= 0.3 is 0 Å². The number of methoxy groups -OCH3 is 1. The highest BCUT2D eigenvalue weighted by molar-refractivity contribution is 6.31. The van der Waals surface area contributed by atoms with E-state index in [0.717, 1.165) is 5.56 Å². The number of anilines is 2. The van der Waals surface area contributed by atoms with Gasteiger partial charge in [-0.3, -0.25) is 10.6 Å². The molecule has 0 aliphatic heterocycles. The van der Waals surface area contributed by atoms with E-state index in [1.54, 1.807) is 31.4 Å². The molecule has 5 nitrogen and oxygen atoms in total. The molecule has 2 rings (SSSR count). The number of hydrogen-bond donors (Lipinski definition) is 3. The molecule has 4 N–H and O–H groups in total. The molecule has 0 aliphatic carbocycles. The van der Waals surface area contributed by atoms with Crippen molar-refractivity contribution in [3.05, 3.63) is 52.5 Å². The van der Waals surface area contributed by atoms with E-state index in [2.05, 4.69) is 10.7 Å². The average Bonchev–Trinajstić information content (AvgIpc) is 2.47. The number of nitrogen functional groups attached to an aromatic ring is 1. The monoisotopic (exact) mass is 305 g/mol. The first kappa shape index (κ1) is 15.2. The fourth-order valence-corrected chi connectivity index (χ4v) is 2.11. The van der Waals surface area contributed by atoms with Gasteiger partial charge in [0.25, 0.3) is 5.91 Å². The normalized spacial score (nSPS) is 10.1. The van der Waals surface area contributed by atoms with Crippen LogP contribution in [0.4, 0.5) is 11.4 Å². The average molecular weight is 306 g/mol. The van der Waals surface area contributed by atoms with Crippen LogP contribution in [-0.2, 0) is 0 Å². The number of halogens is 1. The Hall–Kier alpha value is -2.24. The molecule has 0 unspecified atom stereocenters. The fourth-order valence-electron chi connectivity index (χ4n) is 1.94. The zero-order valence-corrected chi connectivity index (χ0v) is 12.5. The number of amides is 1. The van der Waals surface area contributed by atoms with E-state index >= 15 is 0 Å². The maximum Gasteiger partial charge on any atom is 0.257 e. The molecule has 2 aromatic carbocycles. The molecule has 110 valence electrons. The van der Waals surface area contributed by atoms with E-state index in [0.29, 0.717) is 27.7 Å². The number of aryl methyl sites for hydroxylation is 1. The van der Waals surface area contributed by atoms with Crippen LogP contribution in [-0.4, -0.2) is 13.0 Å². The highest BCUT2D eigenvalue weighted by Crippen LogP contribution is 2.27. The summed E-state index contributed by atoms with van der Waals surface area (Å²) >= 11 is 5.93. The second kappa shape index (κ2) is 6.47. The summed E-state index contributed by atoms with van der Waals surface area (Å²) in [6.45, 7) is 1.93.